The van der Waals surface area contributed by atoms with Crippen molar-refractivity contribution in [2.24, 2.45) is 5.92 Å². The molecule has 3 atom stereocenters. The van der Waals surface area contributed by atoms with Gasteiger partial charge in [-0.3, -0.25) is 4.79 Å². The predicted octanol–water partition coefficient (Wildman–Crippen LogP) is 3.54. The molecule has 100 valence electrons. The molecular formula is C15H17BrN2O. The number of halogens is 1. The number of carbonyl (C=O) groups is 1. The Morgan fingerprint density at radius 1 is 1.26 bits per heavy atom. The van der Waals surface area contributed by atoms with E-state index in [1.807, 2.05) is 6.07 Å². The van der Waals surface area contributed by atoms with Gasteiger partial charge in [-0.2, -0.15) is 0 Å². The van der Waals surface area contributed by atoms with Crippen LogP contribution in [0, 0.1) is 5.92 Å². The van der Waals surface area contributed by atoms with Gasteiger partial charge in [-0.25, -0.2) is 0 Å². The smallest absolute Gasteiger partial charge is 0.247 e. The molecule has 4 rings (SSSR count). The highest BCUT2D eigenvalue weighted by atomic mass is 79.9. The van der Waals surface area contributed by atoms with Crippen molar-refractivity contribution in [3.8, 4) is 0 Å². The molecule has 1 aliphatic carbocycles. The summed E-state index contributed by atoms with van der Waals surface area (Å²) >= 11 is 3.48. The normalized spacial score (nSPS) is 32.4. The molecule has 3 unspecified atom stereocenters. The predicted molar refractivity (Wildman–Crippen MR) is 79.4 cm³/mol. The van der Waals surface area contributed by atoms with Crippen molar-refractivity contribution in [1.82, 2.24) is 0 Å². The van der Waals surface area contributed by atoms with Crippen LogP contribution in [0.5, 0.6) is 0 Å². The molecule has 1 amide bonds. The highest BCUT2D eigenvalue weighted by Crippen LogP contribution is 2.47. The number of nitrogens with one attached hydrogen (secondary N) is 1. The summed E-state index contributed by atoms with van der Waals surface area (Å²) in [6.07, 6.45) is 6.20. The number of amides is 1. The van der Waals surface area contributed by atoms with Crippen LogP contribution in [-0.4, -0.2) is 18.0 Å². The number of hydrogen-bond acceptors (Lipinski definition) is 2. The summed E-state index contributed by atoms with van der Waals surface area (Å²) in [5.74, 6) is 0.888. The lowest BCUT2D eigenvalue weighted by Crippen LogP contribution is -2.48. The number of anilines is 2. The topological polar surface area (TPSA) is 32.3 Å². The van der Waals surface area contributed by atoms with E-state index in [1.165, 1.54) is 31.4 Å². The maximum Gasteiger partial charge on any atom is 0.247 e. The van der Waals surface area contributed by atoms with E-state index in [-0.39, 0.29) is 11.9 Å². The average molecular weight is 321 g/mol. The van der Waals surface area contributed by atoms with E-state index in [2.05, 4.69) is 38.3 Å². The molecule has 3 nitrogen and oxygen atoms in total. The van der Waals surface area contributed by atoms with Gasteiger partial charge in [0.05, 0.1) is 11.4 Å². The van der Waals surface area contributed by atoms with Crippen LogP contribution in [0.3, 0.4) is 0 Å². The van der Waals surface area contributed by atoms with E-state index in [9.17, 15) is 4.79 Å². The first-order chi connectivity index (χ1) is 9.24. The van der Waals surface area contributed by atoms with Crippen molar-refractivity contribution in [3.63, 3.8) is 0 Å². The van der Waals surface area contributed by atoms with E-state index in [0.717, 1.165) is 16.6 Å². The molecule has 2 fully saturated rings. The number of hydrogen-bond donors (Lipinski definition) is 1. The van der Waals surface area contributed by atoms with Crippen molar-refractivity contribution < 1.29 is 4.79 Å². The molecular weight excluding hydrogens is 304 g/mol. The molecule has 1 aromatic carbocycles. The molecule has 2 heterocycles. The number of fused-ring (bicyclic) bond motifs is 5. The fourth-order valence-electron chi connectivity index (χ4n) is 4.09. The third-order valence-corrected chi connectivity index (χ3v) is 5.38. The second kappa shape index (κ2) is 4.23. The average Bonchev–Trinajstić information content (AvgIpc) is 2.79. The van der Waals surface area contributed by atoms with E-state index in [1.54, 1.807) is 0 Å². The van der Waals surface area contributed by atoms with Gasteiger partial charge >= 0.3 is 0 Å². The molecule has 1 saturated heterocycles. The molecule has 0 bridgehead atoms. The second-order valence-corrected chi connectivity index (χ2v) is 6.84. The Labute approximate surface area is 121 Å². The van der Waals surface area contributed by atoms with Crippen LogP contribution in [0.1, 0.15) is 32.1 Å². The van der Waals surface area contributed by atoms with E-state index in [0.29, 0.717) is 12.0 Å². The zero-order chi connectivity index (χ0) is 13.0. The molecule has 0 aromatic heterocycles. The minimum atomic E-state index is 0.0572. The van der Waals surface area contributed by atoms with Gasteiger partial charge in [0.15, 0.2) is 0 Å². The van der Waals surface area contributed by atoms with Crippen molar-refractivity contribution >= 4 is 33.2 Å². The summed E-state index contributed by atoms with van der Waals surface area (Å²) in [6.45, 7) is 0. The van der Waals surface area contributed by atoms with Crippen molar-refractivity contribution in [1.29, 1.82) is 0 Å². The van der Waals surface area contributed by atoms with Gasteiger partial charge < -0.3 is 10.2 Å². The zero-order valence-corrected chi connectivity index (χ0v) is 12.3. The van der Waals surface area contributed by atoms with Gasteiger partial charge in [-0.1, -0.05) is 28.8 Å². The number of nitrogens with zero attached hydrogens (tertiary/aromatic N) is 1. The van der Waals surface area contributed by atoms with Crippen LogP contribution in [0.4, 0.5) is 11.4 Å². The maximum atomic E-state index is 12.3. The second-order valence-electron chi connectivity index (χ2n) is 5.92. The number of benzene rings is 1. The van der Waals surface area contributed by atoms with E-state index >= 15 is 0 Å². The monoisotopic (exact) mass is 320 g/mol. The van der Waals surface area contributed by atoms with E-state index in [4.69, 9.17) is 0 Å². The van der Waals surface area contributed by atoms with Crippen LogP contribution < -0.4 is 10.2 Å². The summed E-state index contributed by atoms with van der Waals surface area (Å²) in [5.41, 5.74) is 2.17. The van der Waals surface area contributed by atoms with Crippen molar-refractivity contribution in [2.45, 2.75) is 44.2 Å². The molecule has 1 N–H and O–H groups in total. The van der Waals surface area contributed by atoms with Crippen LogP contribution in [0.25, 0.3) is 0 Å². The SMILES string of the molecule is O=C1Nc2cc(Br)ccc2N2C1CC1CCCCC12. The summed E-state index contributed by atoms with van der Waals surface area (Å²) in [6, 6.07) is 6.86. The Kier molecular flexibility index (Phi) is 2.62. The largest absolute Gasteiger partial charge is 0.355 e. The van der Waals surface area contributed by atoms with Gasteiger partial charge in [0.2, 0.25) is 5.91 Å². The number of rotatable bonds is 0. The van der Waals surface area contributed by atoms with Gasteiger partial charge in [-0.15, -0.1) is 0 Å². The Balaban J connectivity index is 1.80. The molecule has 2 aliphatic heterocycles. The summed E-state index contributed by atoms with van der Waals surface area (Å²) in [4.78, 5) is 14.7. The Hall–Kier alpha value is -1.03. The van der Waals surface area contributed by atoms with Crippen LogP contribution in [0.15, 0.2) is 22.7 Å². The highest BCUT2D eigenvalue weighted by Gasteiger charge is 2.47. The minimum Gasteiger partial charge on any atom is -0.355 e. The first-order valence-corrected chi connectivity index (χ1v) is 7.92. The van der Waals surface area contributed by atoms with Gasteiger partial charge in [0, 0.05) is 10.5 Å². The molecule has 19 heavy (non-hydrogen) atoms. The third-order valence-electron chi connectivity index (χ3n) is 4.89. The fraction of sp³-hybridized carbons (Fsp3) is 0.533. The molecule has 3 aliphatic rings. The lowest BCUT2D eigenvalue weighted by atomic mass is 9.84. The van der Waals surface area contributed by atoms with Gasteiger partial charge in [0.1, 0.15) is 6.04 Å². The maximum absolute atomic E-state index is 12.3. The zero-order valence-electron chi connectivity index (χ0n) is 10.7. The first kappa shape index (κ1) is 11.8. The van der Waals surface area contributed by atoms with Gasteiger partial charge in [0.25, 0.3) is 0 Å². The van der Waals surface area contributed by atoms with Crippen LogP contribution >= 0.6 is 15.9 Å². The standard InChI is InChI=1S/C15H17BrN2O/c16-10-5-6-13-11(8-10)17-15(19)14-7-9-3-1-2-4-12(9)18(13)14/h5-6,8-9,12,14H,1-4,7H2,(H,17,19). The quantitative estimate of drug-likeness (QED) is 0.793. The highest BCUT2D eigenvalue weighted by molar-refractivity contribution is 9.10. The Bertz CT molecular complexity index is 545. The van der Waals surface area contributed by atoms with Gasteiger partial charge in [-0.05, 0) is 43.4 Å². The van der Waals surface area contributed by atoms with Crippen LogP contribution in [-0.2, 0) is 4.79 Å². The molecule has 0 radical (unpaired) electrons. The summed E-state index contributed by atoms with van der Waals surface area (Å²) < 4.78 is 1.02. The van der Waals surface area contributed by atoms with Crippen LogP contribution in [0.2, 0.25) is 0 Å². The molecule has 4 heteroatoms. The summed E-state index contributed by atoms with van der Waals surface area (Å²) in [5, 5.41) is 3.07. The van der Waals surface area contributed by atoms with Crippen molar-refractivity contribution in [2.75, 3.05) is 10.2 Å². The lowest BCUT2D eigenvalue weighted by molar-refractivity contribution is -0.117. The Morgan fingerprint density at radius 3 is 3.00 bits per heavy atom. The van der Waals surface area contributed by atoms with E-state index < -0.39 is 0 Å². The summed E-state index contributed by atoms with van der Waals surface area (Å²) in [7, 11) is 0. The third kappa shape index (κ3) is 1.72. The lowest BCUT2D eigenvalue weighted by Gasteiger charge is -2.39. The number of carbonyl (C=O) groups excluding carboxylic acids is 1. The van der Waals surface area contributed by atoms with Crippen molar-refractivity contribution in [3.05, 3.63) is 22.7 Å². The molecule has 0 spiro atoms. The molecule has 1 saturated carbocycles. The first-order valence-electron chi connectivity index (χ1n) is 7.13. The molecule has 1 aromatic rings. The minimum absolute atomic E-state index is 0.0572. The Morgan fingerprint density at radius 2 is 2.11 bits per heavy atom. The fourth-order valence-corrected chi connectivity index (χ4v) is 4.45.